The van der Waals surface area contributed by atoms with Gasteiger partial charge in [0.05, 0.1) is 4.92 Å². The molecule has 6 heteroatoms. The van der Waals surface area contributed by atoms with E-state index in [1.165, 1.54) is 6.07 Å². The third-order valence-electron chi connectivity index (χ3n) is 2.22. The summed E-state index contributed by atoms with van der Waals surface area (Å²) in [6.45, 7) is 1.80. The maximum atomic E-state index is 10.9. The molecule has 2 rings (SSSR count). The highest BCUT2D eigenvalue weighted by Gasteiger charge is 2.16. The van der Waals surface area contributed by atoms with Crippen LogP contribution in [0.15, 0.2) is 35.1 Å². The van der Waals surface area contributed by atoms with Gasteiger partial charge in [-0.05, 0) is 19.1 Å². The van der Waals surface area contributed by atoms with Crippen LogP contribution in [-0.2, 0) is 0 Å². The molecule has 0 spiro atoms. The zero-order chi connectivity index (χ0) is 11.7. The van der Waals surface area contributed by atoms with Gasteiger partial charge in [-0.2, -0.15) is 0 Å². The molecule has 0 unspecified atom stereocenters. The van der Waals surface area contributed by atoms with E-state index in [0.29, 0.717) is 11.5 Å². The van der Waals surface area contributed by atoms with Crippen molar-refractivity contribution in [3.63, 3.8) is 0 Å². The number of nitro benzene ring substituents is 1. The number of benzene rings is 1. The summed E-state index contributed by atoms with van der Waals surface area (Å²) in [5, 5.41) is 10.9. The van der Waals surface area contributed by atoms with Crippen molar-refractivity contribution in [2.24, 2.45) is 0 Å². The normalized spacial score (nSPS) is 10.4. The number of nitrogens with zero attached hydrogens (tertiary/aromatic N) is 3. The van der Waals surface area contributed by atoms with Crippen LogP contribution in [0.4, 0.5) is 5.69 Å². The zero-order valence-corrected chi connectivity index (χ0v) is 10.0. The first-order valence-electron chi connectivity index (χ1n) is 4.54. The van der Waals surface area contributed by atoms with Crippen molar-refractivity contribution >= 4 is 21.6 Å². The molecule has 2 aromatic rings. The number of halogens is 1. The predicted octanol–water partition coefficient (Wildman–Crippen LogP) is 2.85. The Bertz CT molecular complexity index is 551. The Morgan fingerprint density at radius 3 is 2.81 bits per heavy atom. The molecule has 0 saturated heterocycles. The van der Waals surface area contributed by atoms with Crippen LogP contribution < -0.4 is 0 Å². The molecule has 82 valence electrons. The van der Waals surface area contributed by atoms with E-state index in [1.54, 1.807) is 36.0 Å². The fourth-order valence-corrected chi connectivity index (χ4v) is 1.83. The van der Waals surface area contributed by atoms with Crippen LogP contribution in [0.5, 0.6) is 0 Å². The van der Waals surface area contributed by atoms with Crippen LogP contribution in [0.2, 0.25) is 0 Å². The molecular weight excluding hydrogens is 274 g/mol. The molecule has 1 heterocycles. The lowest BCUT2D eigenvalue weighted by molar-refractivity contribution is -0.384. The lowest BCUT2D eigenvalue weighted by atomic mass is 10.2. The van der Waals surface area contributed by atoms with E-state index in [4.69, 9.17) is 0 Å². The van der Waals surface area contributed by atoms with Crippen LogP contribution in [0.25, 0.3) is 5.69 Å². The number of imidazole rings is 1. The minimum Gasteiger partial charge on any atom is -0.298 e. The SMILES string of the molecule is Cc1nccn1-c1cc(Br)ccc1[N+](=O)[O-]. The molecule has 1 aromatic carbocycles. The highest BCUT2D eigenvalue weighted by Crippen LogP contribution is 2.27. The van der Waals surface area contributed by atoms with Crippen molar-refractivity contribution in [2.45, 2.75) is 6.92 Å². The van der Waals surface area contributed by atoms with Gasteiger partial charge in [-0.1, -0.05) is 15.9 Å². The molecule has 0 radical (unpaired) electrons. The monoisotopic (exact) mass is 281 g/mol. The van der Waals surface area contributed by atoms with Gasteiger partial charge in [0.25, 0.3) is 5.69 Å². The Balaban J connectivity index is 2.67. The Labute approximate surface area is 100 Å². The first kappa shape index (κ1) is 10.8. The minimum absolute atomic E-state index is 0.0595. The first-order chi connectivity index (χ1) is 7.59. The maximum Gasteiger partial charge on any atom is 0.293 e. The summed E-state index contributed by atoms with van der Waals surface area (Å²) in [6.07, 6.45) is 3.31. The topological polar surface area (TPSA) is 61.0 Å². The average Bonchev–Trinajstić information content (AvgIpc) is 2.63. The molecule has 0 atom stereocenters. The molecule has 5 nitrogen and oxygen atoms in total. The Morgan fingerprint density at radius 2 is 2.25 bits per heavy atom. The van der Waals surface area contributed by atoms with Gasteiger partial charge < -0.3 is 0 Å². The summed E-state index contributed by atoms with van der Waals surface area (Å²) in [7, 11) is 0. The van der Waals surface area contributed by atoms with Gasteiger partial charge in [-0.3, -0.25) is 14.7 Å². The van der Waals surface area contributed by atoms with Gasteiger partial charge in [0.2, 0.25) is 0 Å². The van der Waals surface area contributed by atoms with Gasteiger partial charge in [0, 0.05) is 22.9 Å². The van der Waals surface area contributed by atoms with Gasteiger partial charge in [0.1, 0.15) is 11.5 Å². The third-order valence-corrected chi connectivity index (χ3v) is 2.71. The largest absolute Gasteiger partial charge is 0.298 e. The van der Waals surface area contributed by atoms with Crippen molar-refractivity contribution < 1.29 is 4.92 Å². The highest BCUT2D eigenvalue weighted by atomic mass is 79.9. The van der Waals surface area contributed by atoms with Gasteiger partial charge >= 0.3 is 0 Å². The van der Waals surface area contributed by atoms with Gasteiger partial charge in [-0.15, -0.1) is 0 Å². The summed E-state index contributed by atoms with van der Waals surface area (Å²) < 4.78 is 2.48. The van der Waals surface area contributed by atoms with Crippen LogP contribution in [0, 0.1) is 17.0 Å². The lowest BCUT2D eigenvalue weighted by Gasteiger charge is -2.06. The summed E-state index contributed by atoms with van der Waals surface area (Å²) in [4.78, 5) is 14.5. The Morgan fingerprint density at radius 1 is 1.50 bits per heavy atom. The highest BCUT2D eigenvalue weighted by molar-refractivity contribution is 9.10. The maximum absolute atomic E-state index is 10.9. The molecule has 0 saturated carbocycles. The van der Waals surface area contributed by atoms with E-state index in [2.05, 4.69) is 20.9 Å². The second kappa shape index (κ2) is 4.05. The second-order valence-electron chi connectivity index (χ2n) is 3.23. The number of aryl methyl sites for hydroxylation is 1. The molecule has 0 fully saturated rings. The Kier molecular flexibility index (Phi) is 2.74. The van der Waals surface area contributed by atoms with Crippen molar-refractivity contribution in [3.8, 4) is 5.69 Å². The van der Waals surface area contributed by atoms with Crippen LogP contribution >= 0.6 is 15.9 Å². The predicted molar refractivity (Wildman–Crippen MR) is 62.7 cm³/mol. The van der Waals surface area contributed by atoms with E-state index in [0.717, 1.165) is 4.47 Å². The molecule has 0 N–H and O–H groups in total. The standard InChI is InChI=1S/C10H8BrN3O2/c1-7-12-4-5-13(7)10-6-8(11)2-3-9(10)14(15)16/h2-6H,1H3. The van der Waals surface area contributed by atoms with Crippen LogP contribution in [0.3, 0.4) is 0 Å². The molecule has 0 aliphatic rings. The summed E-state index contributed by atoms with van der Waals surface area (Å²) in [5.74, 6) is 0.709. The molecule has 0 aliphatic carbocycles. The molecule has 0 bridgehead atoms. The third kappa shape index (κ3) is 1.83. The van der Waals surface area contributed by atoms with Crippen LogP contribution in [-0.4, -0.2) is 14.5 Å². The number of rotatable bonds is 2. The number of hydrogen-bond donors (Lipinski definition) is 0. The quantitative estimate of drug-likeness (QED) is 0.628. The van der Waals surface area contributed by atoms with Crippen LogP contribution in [0.1, 0.15) is 5.82 Å². The number of hydrogen-bond acceptors (Lipinski definition) is 3. The van der Waals surface area contributed by atoms with E-state index >= 15 is 0 Å². The van der Waals surface area contributed by atoms with E-state index in [-0.39, 0.29) is 5.69 Å². The summed E-state index contributed by atoms with van der Waals surface area (Å²) in [5.41, 5.74) is 0.568. The van der Waals surface area contributed by atoms with Gasteiger partial charge in [-0.25, -0.2) is 4.98 Å². The van der Waals surface area contributed by atoms with Crippen molar-refractivity contribution in [1.82, 2.24) is 9.55 Å². The van der Waals surface area contributed by atoms with Gasteiger partial charge in [0.15, 0.2) is 0 Å². The second-order valence-corrected chi connectivity index (χ2v) is 4.15. The lowest BCUT2D eigenvalue weighted by Crippen LogP contribution is -2.01. The van der Waals surface area contributed by atoms with E-state index in [1.807, 2.05) is 0 Å². The molecule has 1 aromatic heterocycles. The number of nitro groups is 1. The van der Waals surface area contributed by atoms with Crippen molar-refractivity contribution in [1.29, 1.82) is 0 Å². The molecular formula is C10H8BrN3O2. The Hall–Kier alpha value is -1.69. The van der Waals surface area contributed by atoms with E-state index in [9.17, 15) is 10.1 Å². The first-order valence-corrected chi connectivity index (χ1v) is 5.33. The minimum atomic E-state index is -0.402. The molecule has 16 heavy (non-hydrogen) atoms. The molecule has 0 amide bonds. The summed E-state index contributed by atoms with van der Waals surface area (Å²) in [6, 6.07) is 4.82. The fourth-order valence-electron chi connectivity index (χ4n) is 1.48. The van der Waals surface area contributed by atoms with E-state index < -0.39 is 4.92 Å². The number of aromatic nitrogens is 2. The zero-order valence-electron chi connectivity index (χ0n) is 8.42. The van der Waals surface area contributed by atoms with Crippen molar-refractivity contribution in [3.05, 3.63) is 51.0 Å². The summed E-state index contributed by atoms with van der Waals surface area (Å²) >= 11 is 3.30. The average molecular weight is 282 g/mol. The molecule has 0 aliphatic heterocycles. The fraction of sp³-hybridized carbons (Fsp3) is 0.100. The van der Waals surface area contributed by atoms with Crippen molar-refractivity contribution in [2.75, 3.05) is 0 Å². The smallest absolute Gasteiger partial charge is 0.293 e.